The topological polar surface area (TPSA) is 50.2 Å². The Bertz CT molecular complexity index is 247. The molecule has 1 N–H and O–H groups in total. The SMILES string of the molecule is Cc1nc(C(=O)O)sc1C. The average Bonchev–Trinajstić information content (AvgIpc) is 2.13. The number of carboxylic acid groups (broad SMARTS) is 1. The number of aryl methyl sites for hydroxylation is 2. The number of thiazole rings is 1. The number of hydrogen-bond donors (Lipinski definition) is 1. The molecule has 1 rings (SSSR count). The van der Waals surface area contributed by atoms with Gasteiger partial charge in [-0.3, -0.25) is 0 Å². The molecule has 0 aliphatic heterocycles. The first kappa shape index (κ1) is 7.21. The molecule has 54 valence electrons. The Morgan fingerprint density at radius 2 is 2.20 bits per heavy atom. The summed E-state index contributed by atoms with van der Waals surface area (Å²) >= 11 is 1.21. The molecule has 0 spiro atoms. The smallest absolute Gasteiger partial charge is 0.365 e. The molecular weight excluding hydrogens is 150 g/mol. The molecule has 10 heavy (non-hydrogen) atoms. The quantitative estimate of drug-likeness (QED) is 0.671. The maximum atomic E-state index is 10.3. The summed E-state index contributed by atoms with van der Waals surface area (Å²) in [6, 6.07) is 0. The zero-order chi connectivity index (χ0) is 7.72. The maximum Gasteiger partial charge on any atom is 0.365 e. The van der Waals surface area contributed by atoms with Gasteiger partial charge in [-0.05, 0) is 13.8 Å². The lowest BCUT2D eigenvalue weighted by molar-refractivity contribution is 0.0696. The van der Waals surface area contributed by atoms with Crippen LogP contribution in [0.15, 0.2) is 0 Å². The lowest BCUT2D eigenvalue weighted by Gasteiger charge is -1.79. The van der Waals surface area contributed by atoms with Crippen LogP contribution in [0, 0.1) is 13.8 Å². The van der Waals surface area contributed by atoms with E-state index in [-0.39, 0.29) is 5.01 Å². The van der Waals surface area contributed by atoms with Crippen molar-refractivity contribution in [3.63, 3.8) is 0 Å². The van der Waals surface area contributed by atoms with E-state index < -0.39 is 5.97 Å². The number of carbonyl (C=O) groups is 1. The molecule has 0 saturated heterocycles. The Balaban J connectivity index is 3.10. The van der Waals surface area contributed by atoms with E-state index >= 15 is 0 Å². The van der Waals surface area contributed by atoms with Gasteiger partial charge in [0.05, 0.1) is 5.69 Å². The number of carboxylic acids is 1. The number of aromatic carboxylic acids is 1. The minimum atomic E-state index is -0.943. The summed E-state index contributed by atoms with van der Waals surface area (Å²) in [5.74, 6) is -0.943. The Kier molecular flexibility index (Phi) is 1.72. The van der Waals surface area contributed by atoms with Crippen molar-refractivity contribution in [3.8, 4) is 0 Å². The van der Waals surface area contributed by atoms with Crippen molar-refractivity contribution in [2.45, 2.75) is 13.8 Å². The summed E-state index contributed by atoms with van der Waals surface area (Å²) in [4.78, 5) is 15.1. The molecule has 1 aromatic rings. The van der Waals surface area contributed by atoms with Crippen LogP contribution in [0.5, 0.6) is 0 Å². The van der Waals surface area contributed by atoms with E-state index in [4.69, 9.17) is 5.11 Å². The first-order chi connectivity index (χ1) is 4.61. The van der Waals surface area contributed by atoms with Crippen molar-refractivity contribution >= 4 is 17.3 Å². The Hall–Kier alpha value is -0.900. The zero-order valence-electron chi connectivity index (χ0n) is 5.71. The third-order valence-electron chi connectivity index (χ3n) is 1.21. The van der Waals surface area contributed by atoms with Gasteiger partial charge in [-0.15, -0.1) is 11.3 Å². The number of hydrogen-bond acceptors (Lipinski definition) is 3. The molecule has 3 nitrogen and oxygen atoms in total. The van der Waals surface area contributed by atoms with E-state index in [0.29, 0.717) is 0 Å². The fourth-order valence-corrected chi connectivity index (χ4v) is 1.32. The molecule has 0 saturated carbocycles. The van der Waals surface area contributed by atoms with Gasteiger partial charge in [-0.2, -0.15) is 0 Å². The van der Waals surface area contributed by atoms with E-state index in [1.807, 2.05) is 6.92 Å². The third kappa shape index (κ3) is 1.16. The molecule has 0 bridgehead atoms. The molecule has 0 atom stereocenters. The monoisotopic (exact) mass is 157 g/mol. The molecule has 1 heterocycles. The summed E-state index contributed by atoms with van der Waals surface area (Å²) < 4.78 is 0. The molecule has 0 radical (unpaired) electrons. The van der Waals surface area contributed by atoms with Gasteiger partial charge in [-0.1, -0.05) is 0 Å². The van der Waals surface area contributed by atoms with Crippen LogP contribution in [0.1, 0.15) is 20.4 Å². The van der Waals surface area contributed by atoms with Crippen LogP contribution in [-0.2, 0) is 0 Å². The highest BCUT2D eigenvalue weighted by molar-refractivity contribution is 7.13. The van der Waals surface area contributed by atoms with E-state index in [2.05, 4.69) is 4.98 Å². The van der Waals surface area contributed by atoms with Gasteiger partial charge >= 0.3 is 5.97 Å². The molecule has 0 fully saturated rings. The highest BCUT2D eigenvalue weighted by Crippen LogP contribution is 2.15. The highest BCUT2D eigenvalue weighted by Gasteiger charge is 2.09. The normalized spacial score (nSPS) is 9.80. The summed E-state index contributed by atoms with van der Waals surface area (Å²) in [7, 11) is 0. The van der Waals surface area contributed by atoms with Crippen LogP contribution < -0.4 is 0 Å². The molecule has 1 aromatic heterocycles. The third-order valence-corrected chi connectivity index (χ3v) is 2.27. The van der Waals surface area contributed by atoms with Gasteiger partial charge < -0.3 is 5.11 Å². The van der Waals surface area contributed by atoms with Crippen molar-refractivity contribution in [2.75, 3.05) is 0 Å². The maximum absolute atomic E-state index is 10.3. The standard InChI is InChI=1S/C6H7NO2S/c1-3-4(2)10-5(7-3)6(8)9/h1-2H3,(H,8,9). The second-order valence-electron chi connectivity index (χ2n) is 1.97. The van der Waals surface area contributed by atoms with Gasteiger partial charge in [0.15, 0.2) is 0 Å². The minimum Gasteiger partial charge on any atom is -0.476 e. The molecule has 0 unspecified atom stereocenters. The molecule has 0 aliphatic rings. The lowest BCUT2D eigenvalue weighted by Crippen LogP contribution is -1.93. The Morgan fingerprint density at radius 1 is 1.60 bits per heavy atom. The molecule has 4 heteroatoms. The van der Waals surface area contributed by atoms with Crippen molar-refractivity contribution in [3.05, 3.63) is 15.6 Å². The van der Waals surface area contributed by atoms with Gasteiger partial charge in [0.2, 0.25) is 5.01 Å². The summed E-state index contributed by atoms with van der Waals surface area (Å²) in [6.45, 7) is 3.66. The van der Waals surface area contributed by atoms with E-state index in [9.17, 15) is 4.79 Å². The predicted molar refractivity (Wildman–Crippen MR) is 38.5 cm³/mol. The van der Waals surface area contributed by atoms with E-state index in [1.165, 1.54) is 11.3 Å². The first-order valence-corrected chi connectivity index (χ1v) is 3.60. The fourth-order valence-electron chi connectivity index (χ4n) is 0.564. The van der Waals surface area contributed by atoms with Crippen molar-refractivity contribution in [1.82, 2.24) is 4.98 Å². The van der Waals surface area contributed by atoms with Gasteiger partial charge in [-0.25, -0.2) is 9.78 Å². The van der Waals surface area contributed by atoms with Crippen LogP contribution in [-0.4, -0.2) is 16.1 Å². The van der Waals surface area contributed by atoms with Crippen molar-refractivity contribution < 1.29 is 9.90 Å². The molecule has 0 aliphatic carbocycles. The number of rotatable bonds is 1. The highest BCUT2D eigenvalue weighted by atomic mass is 32.1. The first-order valence-electron chi connectivity index (χ1n) is 2.78. The average molecular weight is 157 g/mol. The predicted octanol–water partition coefficient (Wildman–Crippen LogP) is 1.46. The number of aromatic nitrogens is 1. The van der Waals surface area contributed by atoms with Crippen LogP contribution in [0.25, 0.3) is 0 Å². The van der Waals surface area contributed by atoms with Crippen molar-refractivity contribution in [1.29, 1.82) is 0 Å². The van der Waals surface area contributed by atoms with Crippen LogP contribution >= 0.6 is 11.3 Å². The van der Waals surface area contributed by atoms with E-state index in [0.717, 1.165) is 10.6 Å². The Morgan fingerprint density at radius 3 is 2.40 bits per heavy atom. The lowest BCUT2D eigenvalue weighted by atomic mass is 10.4. The van der Waals surface area contributed by atoms with Crippen LogP contribution in [0.2, 0.25) is 0 Å². The summed E-state index contributed by atoms with van der Waals surface area (Å²) in [6.07, 6.45) is 0. The number of nitrogens with zero attached hydrogens (tertiary/aromatic N) is 1. The summed E-state index contributed by atoms with van der Waals surface area (Å²) in [5, 5.41) is 8.65. The molecular formula is C6H7NO2S. The van der Waals surface area contributed by atoms with Gasteiger partial charge in [0.25, 0.3) is 0 Å². The zero-order valence-corrected chi connectivity index (χ0v) is 6.53. The minimum absolute atomic E-state index is 0.176. The molecule has 0 aromatic carbocycles. The van der Waals surface area contributed by atoms with Gasteiger partial charge in [0, 0.05) is 4.88 Å². The fraction of sp³-hybridized carbons (Fsp3) is 0.333. The largest absolute Gasteiger partial charge is 0.476 e. The van der Waals surface area contributed by atoms with Gasteiger partial charge in [0.1, 0.15) is 0 Å². The van der Waals surface area contributed by atoms with E-state index in [1.54, 1.807) is 6.92 Å². The molecule has 0 amide bonds. The second-order valence-corrected chi connectivity index (χ2v) is 3.17. The van der Waals surface area contributed by atoms with Crippen molar-refractivity contribution in [2.24, 2.45) is 0 Å². The summed E-state index contributed by atoms with van der Waals surface area (Å²) in [5.41, 5.74) is 0.808. The van der Waals surface area contributed by atoms with Crippen LogP contribution in [0.4, 0.5) is 0 Å². The second kappa shape index (κ2) is 2.38. The van der Waals surface area contributed by atoms with Crippen LogP contribution in [0.3, 0.4) is 0 Å². The Labute approximate surface area is 62.3 Å².